The van der Waals surface area contributed by atoms with Gasteiger partial charge < -0.3 is 15.2 Å². The number of ether oxygens (including phenoxy) is 2. The second-order valence-electron chi connectivity index (χ2n) is 5.00. The fourth-order valence-electron chi connectivity index (χ4n) is 2.40. The van der Waals surface area contributed by atoms with Crippen LogP contribution in [0.25, 0.3) is 0 Å². The SMILES string of the molecule is CCOCC(C)(CN)N1CCCC(OCC)C1. The normalized spacial score (nSPS) is 25.8. The quantitative estimate of drug-likeness (QED) is 0.732. The monoisotopic (exact) mass is 244 g/mol. The predicted octanol–water partition coefficient (Wildman–Crippen LogP) is 1.24. The number of piperidine rings is 1. The van der Waals surface area contributed by atoms with Gasteiger partial charge in [-0.15, -0.1) is 0 Å². The van der Waals surface area contributed by atoms with Crippen molar-refractivity contribution < 1.29 is 9.47 Å². The molecule has 2 atom stereocenters. The number of rotatable bonds is 7. The fraction of sp³-hybridized carbons (Fsp3) is 1.00. The number of nitrogens with zero attached hydrogens (tertiary/aromatic N) is 1. The molecule has 0 aromatic carbocycles. The summed E-state index contributed by atoms with van der Waals surface area (Å²) >= 11 is 0. The summed E-state index contributed by atoms with van der Waals surface area (Å²) in [5.74, 6) is 0. The van der Waals surface area contributed by atoms with Crippen LogP contribution in [-0.4, -0.2) is 56.0 Å². The molecule has 0 radical (unpaired) electrons. The van der Waals surface area contributed by atoms with Crippen LogP contribution < -0.4 is 5.73 Å². The summed E-state index contributed by atoms with van der Waals surface area (Å²) in [7, 11) is 0. The lowest BCUT2D eigenvalue weighted by atomic mass is 9.96. The van der Waals surface area contributed by atoms with Gasteiger partial charge in [0.2, 0.25) is 0 Å². The molecule has 4 nitrogen and oxygen atoms in total. The molecule has 4 heteroatoms. The van der Waals surface area contributed by atoms with E-state index < -0.39 is 0 Å². The maximum Gasteiger partial charge on any atom is 0.0702 e. The lowest BCUT2D eigenvalue weighted by molar-refractivity contribution is -0.0533. The summed E-state index contributed by atoms with van der Waals surface area (Å²) in [4.78, 5) is 2.44. The number of nitrogens with two attached hydrogens (primary N) is 1. The maximum atomic E-state index is 5.94. The molecule has 1 rings (SSSR count). The lowest BCUT2D eigenvalue weighted by Crippen LogP contribution is -2.58. The van der Waals surface area contributed by atoms with E-state index in [0.29, 0.717) is 19.3 Å². The molecule has 2 unspecified atom stereocenters. The Morgan fingerprint density at radius 1 is 1.35 bits per heavy atom. The Morgan fingerprint density at radius 3 is 2.71 bits per heavy atom. The van der Waals surface area contributed by atoms with Crippen LogP contribution in [0.4, 0.5) is 0 Å². The second-order valence-corrected chi connectivity index (χ2v) is 5.00. The standard InChI is InChI=1S/C13H28N2O2/c1-4-16-11-13(3,10-14)15-8-6-7-12(9-15)17-5-2/h12H,4-11,14H2,1-3H3. The highest BCUT2D eigenvalue weighted by atomic mass is 16.5. The lowest BCUT2D eigenvalue weighted by Gasteiger charge is -2.44. The molecule has 2 N–H and O–H groups in total. The number of hydrogen-bond donors (Lipinski definition) is 1. The van der Waals surface area contributed by atoms with Gasteiger partial charge >= 0.3 is 0 Å². The van der Waals surface area contributed by atoms with Crippen molar-refractivity contribution in [1.82, 2.24) is 4.90 Å². The Labute approximate surface area is 105 Å². The fourth-order valence-corrected chi connectivity index (χ4v) is 2.40. The first-order valence-corrected chi connectivity index (χ1v) is 6.80. The van der Waals surface area contributed by atoms with Gasteiger partial charge in [0.1, 0.15) is 0 Å². The highest BCUT2D eigenvalue weighted by Gasteiger charge is 2.34. The summed E-state index contributed by atoms with van der Waals surface area (Å²) in [6.45, 7) is 11.2. The second kappa shape index (κ2) is 7.31. The zero-order chi connectivity index (χ0) is 12.7. The minimum Gasteiger partial charge on any atom is -0.380 e. The smallest absolute Gasteiger partial charge is 0.0702 e. The molecule has 102 valence electrons. The van der Waals surface area contributed by atoms with Crippen LogP contribution in [0.1, 0.15) is 33.6 Å². The molecule has 1 saturated heterocycles. The highest BCUT2D eigenvalue weighted by molar-refractivity contribution is 4.91. The van der Waals surface area contributed by atoms with Crippen molar-refractivity contribution in [1.29, 1.82) is 0 Å². The Hall–Kier alpha value is -0.160. The minimum atomic E-state index is -0.0498. The molecule has 0 spiro atoms. The van der Waals surface area contributed by atoms with Gasteiger partial charge in [-0.05, 0) is 40.2 Å². The molecular formula is C13H28N2O2. The first kappa shape index (κ1) is 14.9. The Kier molecular flexibility index (Phi) is 6.41. The van der Waals surface area contributed by atoms with E-state index >= 15 is 0 Å². The zero-order valence-electron chi connectivity index (χ0n) is 11.6. The third-order valence-corrected chi connectivity index (χ3v) is 3.60. The van der Waals surface area contributed by atoms with Crippen LogP contribution in [0.5, 0.6) is 0 Å². The van der Waals surface area contributed by atoms with Crippen molar-refractivity contribution in [3.05, 3.63) is 0 Å². The molecule has 1 aliphatic heterocycles. The van der Waals surface area contributed by atoms with Gasteiger partial charge in [-0.1, -0.05) is 0 Å². The Balaban J connectivity index is 2.54. The first-order chi connectivity index (χ1) is 8.16. The van der Waals surface area contributed by atoms with E-state index in [2.05, 4.69) is 18.7 Å². The first-order valence-electron chi connectivity index (χ1n) is 6.80. The maximum absolute atomic E-state index is 5.94. The molecule has 0 amide bonds. The molecule has 0 aromatic heterocycles. The van der Waals surface area contributed by atoms with Gasteiger partial charge in [0.25, 0.3) is 0 Å². The summed E-state index contributed by atoms with van der Waals surface area (Å²) in [5, 5.41) is 0. The van der Waals surface area contributed by atoms with Crippen LogP contribution in [0.3, 0.4) is 0 Å². The summed E-state index contributed by atoms with van der Waals surface area (Å²) in [5.41, 5.74) is 5.89. The average molecular weight is 244 g/mol. The van der Waals surface area contributed by atoms with Crippen molar-refractivity contribution >= 4 is 0 Å². The molecule has 1 aliphatic rings. The topological polar surface area (TPSA) is 47.7 Å². The average Bonchev–Trinajstić information content (AvgIpc) is 2.37. The molecule has 1 heterocycles. The Morgan fingerprint density at radius 2 is 2.12 bits per heavy atom. The van der Waals surface area contributed by atoms with Gasteiger partial charge in [0.15, 0.2) is 0 Å². The van der Waals surface area contributed by atoms with Crippen LogP contribution in [0.2, 0.25) is 0 Å². The number of hydrogen-bond acceptors (Lipinski definition) is 4. The third-order valence-electron chi connectivity index (χ3n) is 3.60. The highest BCUT2D eigenvalue weighted by Crippen LogP contribution is 2.22. The van der Waals surface area contributed by atoms with Crippen LogP contribution in [0, 0.1) is 0 Å². The van der Waals surface area contributed by atoms with Crippen molar-refractivity contribution in [3.63, 3.8) is 0 Å². The molecule has 0 bridgehead atoms. The Bertz CT molecular complexity index is 212. The van der Waals surface area contributed by atoms with E-state index in [1.54, 1.807) is 0 Å². The molecule has 0 aromatic rings. The van der Waals surface area contributed by atoms with Crippen molar-refractivity contribution in [2.75, 3.05) is 39.5 Å². The van der Waals surface area contributed by atoms with Crippen LogP contribution in [-0.2, 0) is 9.47 Å². The van der Waals surface area contributed by atoms with E-state index in [0.717, 1.165) is 26.3 Å². The van der Waals surface area contributed by atoms with Crippen molar-refractivity contribution in [2.45, 2.75) is 45.3 Å². The van der Waals surface area contributed by atoms with Gasteiger partial charge in [-0.25, -0.2) is 0 Å². The third kappa shape index (κ3) is 4.21. The van der Waals surface area contributed by atoms with Crippen LogP contribution >= 0.6 is 0 Å². The summed E-state index contributed by atoms with van der Waals surface area (Å²) < 4.78 is 11.3. The van der Waals surface area contributed by atoms with Gasteiger partial charge in [0.05, 0.1) is 18.2 Å². The van der Waals surface area contributed by atoms with E-state index in [1.807, 2.05) is 6.92 Å². The van der Waals surface area contributed by atoms with Gasteiger partial charge in [-0.3, -0.25) is 4.90 Å². The van der Waals surface area contributed by atoms with E-state index in [-0.39, 0.29) is 5.54 Å². The predicted molar refractivity (Wildman–Crippen MR) is 70.2 cm³/mol. The molecule has 17 heavy (non-hydrogen) atoms. The van der Waals surface area contributed by atoms with Crippen molar-refractivity contribution in [3.8, 4) is 0 Å². The van der Waals surface area contributed by atoms with Gasteiger partial charge in [-0.2, -0.15) is 0 Å². The summed E-state index contributed by atoms with van der Waals surface area (Å²) in [6.07, 6.45) is 2.72. The van der Waals surface area contributed by atoms with Gasteiger partial charge in [0, 0.05) is 26.3 Å². The van der Waals surface area contributed by atoms with Crippen LogP contribution in [0.15, 0.2) is 0 Å². The molecule has 0 aliphatic carbocycles. The molecular weight excluding hydrogens is 216 g/mol. The zero-order valence-corrected chi connectivity index (χ0v) is 11.6. The minimum absolute atomic E-state index is 0.0498. The summed E-state index contributed by atoms with van der Waals surface area (Å²) in [6, 6.07) is 0. The number of likely N-dealkylation sites (tertiary alicyclic amines) is 1. The molecule has 0 saturated carbocycles. The van der Waals surface area contributed by atoms with E-state index in [9.17, 15) is 0 Å². The molecule has 1 fully saturated rings. The van der Waals surface area contributed by atoms with E-state index in [1.165, 1.54) is 12.8 Å². The van der Waals surface area contributed by atoms with Crippen molar-refractivity contribution in [2.24, 2.45) is 5.73 Å². The van der Waals surface area contributed by atoms with E-state index in [4.69, 9.17) is 15.2 Å². The largest absolute Gasteiger partial charge is 0.380 e.